The van der Waals surface area contributed by atoms with E-state index in [9.17, 15) is 0 Å². The van der Waals surface area contributed by atoms with Crippen LogP contribution in [0.1, 0.15) is 0 Å². The van der Waals surface area contributed by atoms with Crippen molar-refractivity contribution in [2.75, 3.05) is 0 Å². The Hall–Kier alpha value is -3.01. The van der Waals surface area contributed by atoms with Crippen molar-refractivity contribution in [2.24, 2.45) is 0 Å². The predicted molar refractivity (Wildman–Crippen MR) is 81.7 cm³/mol. The van der Waals surface area contributed by atoms with Crippen molar-refractivity contribution in [1.82, 2.24) is 19.6 Å². The summed E-state index contributed by atoms with van der Waals surface area (Å²) in [5.41, 5.74) is 4.96. The van der Waals surface area contributed by atoms with Crippen LogP contribution in [0.25, 0.3) is 28.0 Å². The van der Waals surface area contributed by atoms with Gasteiger partial charge in [0.2, 0.25) is 0 Å². The fourth-order valence-electron chi connectivity index (χ4n) is 2.49. The average molecular weight is 272 g/mol. The van der Waals surface area contributed by atoms with Gasteiger partial charge in [-0.25, -0.2) is 14.5 Å². The van der Waals surface area contributed by atoms with E-state index in [0.29, 0.717) is 0 Å². The van der Waals surface area contributed by atoms with Gasteiger partial charge in [0, 0.05) is 18.0 Å². The second-order valence-electron chi connectivity index (χ2n) is 4.71. The number of fused-ring (bicyclic) bond motifs is 1. The molecule has 0 saturated carbocycles. The van der Waals surface area contributed by atoms with Gasteiger partial charge in [-0.15, -0.1) is 0 Å². The lowest BCUT2D eigenvalue weighted by Crippen LogP contribution is -1.86. The van der Waals surface area contributed by atoms with E-state index in [1.54, 1.807) is 12.5 Å². The third-order valence-electron chi connectivity index (χ3n) is 3.43. The number of hydrogen-bond acceptors (Lipinski definition) is 3. The molecule has 0 bridgehead atoms. The molecule has 0 atom stereocenters. The molecule has 0 amide bonds. The monoisotopic (exact) mass is 272 g/mol. The first kappa shape index (κ1) is 11.8. The molecule has 3 aromatic heterocycles. The Morgan fingerprint density at radius 2 is 1.71 bits per heavy atom. The number of nitrogens with zero attached hydrogens (tertiary/aromatic N) is 4. The van der Waals surface area contributed by atoms with Crippen molar-refractivity contribution >= 4 is 5.52 Å². The molecule has 0 spiro atoms. The van der Waals surface area contributed by atoms with Crippen LogP contribution in [0.2, 0.25) is 0 Å². The zero-order valence-corrected chi connectivity index (χ0v) is 11.2. The zero-order chi connectivity index (χ0) is 14.1. The summed E-state index contributed by atoms with van der Waals surface area (Å²) in [6.45, 7) is 0. The molecule has 0 fully saturated rings. The zero-order valence-electron chi connectivity index (χ0n) is 11.2. The van der Waals surface area contributed by atoms with Crippen LogP contribution in [0.15, 0.2) is 73.3 Å². The number of rotatable bonds is 2. The molecular weight excluding hydrogens is 260 g/mol. The van der Waals surface area contributed by atoms with Gasteiger partial charge in [-0.1, -0.05) is 36.4 Å². The lowest BCUT2D eigenvalue weighted by atomic mass is 10.0. The lowest BCUT2D eigenvalue weighted by Gasteiger charge is -2.02. The maximum atomic E-state index is 4.72. The molecule has 0 N–H and O–H groups in total. The Morgan fingerprint density at radius 1 is 0.857 bits per heavy atom. The minimum Gasteiger partial charge on any atom is -0.245 e. The van der Waals surface area contributed by atoms with Crippen molar-refractivity contribution < 1.29 is 0 Å². The maximum absolute atomic E-state index is 4.72. The molecule has 0 aliphatic rings. The van der Waals surface area contributed by atoms with Crippen molar-refractivity contribution in [3.63, 3.8) is 0 Å². The van der Waals surface area contributed by atoms with Gasteiger partial charge in [-0.3, -0.25) is 0 Å². The van der Waals surface area contributed by atoms with Crippen molar-refractivity contribution in [1.29, 1.82) is 0 Å². The van der Waals surface area contributed by atoms with E-state index < -0.39 is 0 Å². The fraction of sp³-hybridized carbons (Fsp3) is 0. The largest absolute Gasteiger partial charge is 0.245 e. The van der Waals surface area contributed by atoms with Crippen LogP contribution >= 0.6 is 0 Å². The van der Waals surface area contributed by atoms with E-state index >= 15 is 0 Å². The molecule has 21 heavy (non-hydrogen) atoms. The minimum absolute atomic E-state index is 0.880. The average Bonchev–Trinajstić information content (AvgIpc) is 2.96. The molecule has 1 aromatic carbocycles. The quantitative estimate of drug-likeness (QED) is 0.561. The molecule has 4 rings (SSSR count). The van der Waals surface area contributed by atoms with Crippen molar-refractivity contribution in [3.8, 4) is 22.5 Å². The summed E-state index contributed by atoms with van der Waals surface area (Å²) >= 11 is 0. The third-order valence-corrected chi connectivity index (χ3v) is 3.43. The Morgan fingerprint density at radius 3 is 2.52 bits per heavy atom. The SMILES string of the molecule is c1ccc(-c2nn3ccccc3c2-c2ccncn2)cc1. The maximum Gasteiger partial charge on any atom is 0.116 e. The van der Waals surface area contributed by atoms with E-state index in [1.807, 2.05) is 47.1 Å². The second kappa shape index (κ2) is 4.83. The van der Waals surface area contributed by atoms with E-state index in [2.05, 4.69) is 28.2 Å². The number of aromatic nitrogens is 4. The number of benzene rings is 1. The van der Waals surface area contributed by atoms with Gasteiger partial charge in [-0.05, 0) is 18.2 Å². The molecule has 4 nitrogen and oxygen atoms in total. The first-order valence-electron chi connectivity index (χ1n) is 6.72. The van der Waals surface area contributed by atoms with E-state index in [1.165, 1.54) is 0 Å². The second-order valence-corrected chi connectivity index (χ2v) is 4.71. The molecule has 0 radical (unpaired) electrons. The summed E-state index contributed by atoms with van der Waals surface area (Å²) in [6.07, 6.45) is 5.27. The van der Waals surface area contributed by atoms with Crippen LogP contribution in [-0.4, -0.2) is 19.6 Å². The molecular formula is C17H12N4. The smallest absolute Gasteiger partial charge is 0.116 e. The summed E-state index contributed by atoms with van der Waals surface area (Å²) < 4.78 is 1.89. The summed E-state index contributed by atoms with van der Waals surface area (Å²) in [4.78, 5) is 8.39. The molecule has 0 unspecified atom stereocenters. The van der Waals surface area contributed by atoms with Crippen molar-refractivity contribution in [2.45, 2.75) is 0 Å². The molecule has 0 aliphatic heterocycles. The summed E-state index contributed by atoms with van der Waals surface area (Å²) in [5.74, 6) is 0. The van der Waals surface area contributed by atoms with Gasteiger partial charge in [0.25, 0.3) is 0 Å². The molecule has 3 heterocycles. The van der Waals surface area contributed by atoms with Crippen LogP contribution in [0.4, 0.5) is 0 Å². The summed E-state index contributed by atoms with van der Waals surface area (Å²) in [5, 5.41) is 4.72. The highest BCUT2D eigenvalue weighted by atomic mass is 15.2. The van der Waals surface area contributed by atoms with Gasteiger partial charge in [0.1, 0.15) is 12.0 Å². The first-order chi connectivity index (χ1) is 10.4. The first-order valence-corrected chi connectivity index (χ1v) is 6.72. The summed E-state index contributed by atoms with van der Waals surface area (Å²) in [7, 11) is 0. The van der Waals surface area contributed by atoms with E-state index in [4.69, 9.17) is 5.10 Å². The molecule has 0 aliphatic carbocycles. The lowest BCUT2D eigenvalue weighted by molar-refractivity contribution is 0.966. The van der Waals surface area contributed by atoms with Crippen LogP contribution in [0.5, 0.6) is 0 Å². The van der Waals surface area contributed by atoms with Crippen LogP contribution in [0.3, 0.4) is 0 Å². The Kier molecular flexibility index (Phi) is 2.71. The van der Waals surface area contributed by atoms with E-state index in [-0.39, 0.29) is 0 Å². The molecule has 0 saturated heterocycles. The number of pyridine rings is 1. The summed E-state index contributed by atoms with van der Waals surface area (Å²) in [6, 6.07) is 18.1. The Bertz CT molecular complexity index is 882. The standard InChI is InChI=1S/C17H12N4/c1-2-6-13(7-3-1)17-16(14-9-10-18-12-19-14)15-8-4-5-11-21(15)20-17/h1-12H. The van der Waals surface area contributed by atoms with Gasteiger partial charge in [-0.2, -0.15) is 5.10 Å². The fourth-order valence-corrected chi connectivity index (χ4v) is 2.49. The molecule has 4 heteroatoms. The van der Waals surface area contributed by atoms with Crippen LogP contribution < -0.4 is 0 Å². The highest BCUT2D eigenvalue weighted by molar-refractivity contribution is 5.90. The van der Waals surface area contributed by atoms with Crippen molar-refractivity contribution in [3.05, 3.63) is 73.3 Å². The van der Waals surface area contributed by atoms with E-state index in [0.717, 1.165) is 28.0 Å². The van der Waals surface area contributed by atoms with Gasteiger partial charge >= 0.3 is 0 Å². The van der Waals surface area contributed by atoms with Crippen LogP contribution in [-0.2, 0) is 0 Å². The highest BCUT2D eigenvalue weighted by Gasteiger charge is 2.16. The molecule has 100 valence electrons. The third kappa shape index (κ3) is 1.97. The number of hydrogen-bond donors (Lipinski definition) is 0. The minimum atomic E-state index is 0.880. The van der Waals surface area contributed by atoms with Crippen LogP contribution in [0, 0.1) is 0 Å². The van der Waals surface area contributed by atoms with Gasteiger partial charge < -0.3 is 0 Å². The normalized spacial score (nSPS) is 10.9. The predicted octanol–water partition coefficient (Wildman–Crippen LogP) is 3.46. The Labute approximate surface area is 121 Å². The van der Waals surface area contributed by atoms with Gasteiger partial charge in [0.15, 0.2) is 0 Å². The topological polar surface area (TPSA) is 43.1 Å². The highest BCUT2D eigenvalue weighted by Crippen LogP contribution is 2.33. The van der Waals surface area contributed by atoms with Gasteiger partial charge in [0.05, 0.1) is 16.8 Å². The molecule has 4 aromatic rings. The Balaban J connectivity index is 2.07.